The number of carbonyl (C=O) groups is 2. The van der Waals surface area contributed by atoms with Crippen LogP contribution in [0.3, 0.4) is 0 Å². The van der Waals surface area contributed by atoms with Crippen molar-refractivity contribution in [2.24, 2.45) is 29.6 Å². The van der Waals surface area contributed by atoms with Crippen molar-refractivity contribution in [1.82, 2.24) is 4.90 Å². The molecule has 18 atom stereocenters. The van der Waals surface area contributed by atoms with E-state index >= 15 is 0 Å². The van der Waals surface area contributed by atoms with Crippen LogP contribution in [0, 0.1) is 29.6 Å². The van der Waals surface area contributed by atoms with Crippen molar-refractivity contribution in [2.45, 2.75) is 181 Å². The Morgan fingerprint density at radius 1 is 0.902 bits per heavy atom. The van der Waals surface area contributed by atoms with Gasteiger partial charge in [0.2, 0.25) is 0 Å². The molecular weight excluding hydrogens is 662 g/mol. The summed E-state index contributed by atoms with van der Waals surface area (Å²) in [5.74, 6) is -4.43. The van der Waals surface area contributed by atoms with Crippen molar-refractivity contribution in [3.63, 3.8) is 0 Å². The Balaban J connectivity index is 2.20. The molecule has 0 unspecified atom stereocenters. The first-order valence-corrected chi connectivity index (χ1v) is 19.0. The van der Waals surface area contributed by atoms with Gasteiger partial charge in [-0.05, 0) is 73.4 Å². The van der Waals surface area contributed by atoms with Crippen molar-refractivity contribution >= 4 is 11.8 Å². The van der Waals surface area contributed by atoms with Crippen molar-refractivity contribution in [3.8, 4) is 0 Å². The van der Waals surface area contributed by atoms with Crippen LogP contribution in [0.25, 0.3) is 0 Å². The highest BCUT2D eigenvalue weighted by Gasteiger charge is 2.53. The number of aliphatic hydroxyl groups is 4. The molecule has 0 amide bonds. The number of hydrogen-bond donors (Lipinski definition) is 4. The van der Waals surface area contributed by atoms with Gasteiger partial charge in [0.15, 0.2) is 12.6 Å². The van der Waals surface area contributed by atoms with Crippen LogP contribution in [0.5, 0.6) is 0 Å². The lowest BCUT2D eigenvalue weighted by atomic mass is 9.74. The van der Waals surface area contributed by atoms with E-state index < -0.39 is 96.2 Å². The first-order valence-electron chi connectivity index (χ1n) is 19.0. The topological polar surface area (TPSA) is 174 Å². The second kappa shape index (κ2) is 17.9. The number of likely N-dealkylation sites (N-methyl/N-ethyl adjacent to an activating group) is 1. The van der Waals surface area contributed by atoms with Gasteiger partial charge in [-0.1, -0.05) is 41.5 Å². The van der Waals surface area contributed by atoms with E-state index in [1.807, 2.05) is 41.7 Å². The minimum Gasteiger partial charge on any atom is -0.459 e. The van der Waals surface area contributed by atoms with Gasteiger partial charge in [-0.15, -0.1) is 0 Å². The van der Waals surface area contributed by atoms with Gasteiger partial charge in [-0.2, -0.15) is 0 Å². The number of rotatable bonds is 8. The van der Waals surface area contributed by atoms with Crippen LogP contribution < -0.4 is 0 Å². The zero-order valence-corrected chi connectivity index (χ0v) is 33.3. The summed E-state index contributed by atoms with van der Waals surface area (Å²) < 4.78 is 38.1. The Labute approximate surface area is 305 Å². The molecule has 3 heterocycles. The summed E-state index contributed by atoms with van der Waals surface area (Å²) in [6.45, 7) is 20.1. The Morgan fingerprint density at radius 3 is 2.08 bits per heavy atom. The van der Waals surface area contributed by atoms with Crippen LogP contribution in [-0.4, -0.2) is 136 Å². The second-order valence-electron chi connectivity index (χ2n) is 16.3. The molecule has 13 heteroatoms. The number of esters is 1. The predicted octanol–water partition coefficient (Wildman–Crippen LogP) is 3.06. The zero-order valence-electron chi connectivity index (χ0n) is 33.3. The van der Waals surface area contributed by atoms with Gasteiger partial charge in [0, 0.05) is 37.3 Å². The number of methoxy groups -OCH3 is 1. The summed E-state index contributed by atoms with van der Waals surface area (Å²) in [5, 5.41) is 45.3. The zero-order chi connectivity index (χ0) is 38.7. The Hall–Kier alpha value is -1.26. The highest BCUT2D eigenvalue weighted by Crippen LogP contribution is 2.41. The summed E-state index contributed by atoms with van der Waals surface area (Å²) in [6.07, 6.45) is -7.63. The molecule has 0 aromatic heterocycles. The molecule has 0 aromatic rings. The van der Waals surface area contributed by atoms with E-state index in [-0.39, 0.29) is 36.7 Å². The first-order chi connectivity index (χ1) is 23.6. The van der Waals surface area contributed by atoms with Gasteiger partial charge in [-0.25, -0.2) is 0 Å². The molecule has 3 rings (SSSR count). The van der Waals surface area contributed by atoms with Crippen LogP contribution in [-0.2, 0) is 38.0 Å². The SMILES string of the molecule is CC[C@H]1OC(=O)[C@H](C)[C@@H](O[C@H]2C[C@H](C)[C@@H](O)[C@H](C)O2)[C@H](C)[C@@H](O[C@@H]2O[C@H](C)C[C@H](N(C)CC)[C@H]2O)[C@](C)(OC)C[C@@H](C)C(=O)[C@H](C)[C@@H](O)[C@]1(C)O. The highest BCUT2D eigenvalue weighted by atomic mass is 16.7. The van der Waals surface area contributed by atoms with Gasteiger partial charge < -0.3 is 53.7 Å². The van der Waals surface area contributed by atoms with E-state index in [1.54, 1.807) is 34.6 Å². The van der Waals surface area contributed by atoms with Crippen molar-refractivity contribution in [2.75, 3.05) is 20.7 Å². The number of aliphatic hydroxyl groups excluding tert-OH is 3. The Kier molecular flexibility index (Phi) is 15.5. The number of hydrogen-bond acceptors (Lipinski definition) is 13. The lowest BCUT2D eigenvalue weighted by Gasteiger charge is -2.49. The Bertz CT molecular complexity index is 1130. The number of carbonyl (C=O) groups excluding carboxylic acids is 2. The van der Waals surface area contributed by atoms with E-state index in [2.05, 4.69) is 4.90 Å². The lowest BCUT2D eigenvalue weighted by molar-refractivity contribution is -0.312. The molecule has 0 aliphatic carbocycles. The van der Waals surface area contributed by atoms with Gasteiger partial charge in [-0.3, -0.25) is 9.59 Å². The summed E-state index contributed by atoms with van der Waals surface area (Å²) >= 11 is 0. The lowest BCUT2D eigenvalue weighted by Crippen LogP contribution is -2.61. The average molecular weight is 732 g/mol. The van der Waals surface area contributed by atoms with Crippen LogP contribution in [0.2, 0.25) is 0 Å². The molecule has 3 aliphatic heterocycles. The molecule has 13 nitrogen and oxygen atoms in total. The fourth-order valence-corrected chi connectivity index (χ4v) is 8.52. The molecule has 0 saturated carbocycles. The molecular formula is C38H69NO12. The van der Waals surface area contributed by atoms with E-state index in [0.717, 1.165) is 0 Å². The van der Waals surface area contributed by atoms with Crippen LogP contribution in [0.4, 0.5) is 0 Å². The maximum Gasteiger partial charge on any atom is 0.311 e. The van der Waals surface area contributed by atoms with Crippen molar-refractivity contribution in [3.05, 3.63) is 0 Å². The fourth-order valence-electron chi connectivity index (χ4n) is 8.52. The predicted molar refractivity (Wildman–Crippen MR) is 189 cm³/mol. The fraction of sp³-hybridized carbons (Fsp3) is 0.947. The van der Waals surface area contributed by atoms with Crippen LogP contribution in [0.15, 0.2) is 0 Å². The average Bonchev–Trinajstić information content (AvgIpc) is 3.08. The first kappa shape index (κ1) is 44.1. The minimum atomic E-state index is -1.94. The Morgan fingerprint density at radius 2 is 1.53 bits per heavy atom. The molecule has 51 heavy (non-hydrogen) atoms. The van der Waals surface area contributed by atoms with E-state index in [1.165, 1.54) is 14.0 Å². The van der Waals surface area contributed by atoms with Crippen molar-refractivity contribution in [1.29, 1.82) is 0 Å². The standard InChI is InChI=1S/C38H69NO12/c1-14-27-38(11,45)33(43)22(6)29(40)20(4)18-37(10,46-13)34(51-36-31(42)26(39(12)15-2)17-21(5)47-36)23(7)32(24(8)35(44)49-27)50-28-16-19(3)30(41)25(9)48-28/h19-28,30-34,36,41-43,45H,14-18H2,1-13H3/t19-,20+,21+,22-,23-,24+,25-,26-,27+,28-,30+,31+,32-,33+,34+,36-,37+,38+/m0/s1. The highest BCUT2D eigenvalue weighted by molar-refractivity contribution is 5.83. The minimum absolute atomic E-state index is 0.135. The maximum absolute atomic E-state index is 14.1. The molecule has 298 valence electrons. The summed E-state index contributed by atoms with van der Waals surface area (Å²) in [6, 6.07) is -0.251. The largest absolute Gasteiger partial charge is 0.459 e. The van der Waals surface area contributed by atoms with E-state index in [4.69, 9.17) is 28.4 Å². The van der Waals surface area contributed by atoms with E-state index in [0.29, 0.717) is 19.4 Å². The maximum atomic E-state index is 14.1. The quantitative estimate of drug-likeness (QED) is 0.269. The number of ketones is 1. The number of Topliss-reactive ketones (excluding diaryl/α,β-unsaturated/α-hetero) is 1. The van der Waals surface area contributed by atoms with Gasteiger partial charge in [0.25, 0.3) is 0 Å². The third-order valence-corrected chi connectivity index (χ3v) is 12.2. The summed E-state index contributed by atoms with van der Waals surface area (Å²) in [5.41, 5.74) is -3.16. The molecule has 4 N–H and O–H groups in total. The second-order valence-corrected chi connectivity index (χ2v) is 16.3. The number of cyclic esters (lactones) is 1. The smallest absolute Gasteiger partial charge is 0.311 e. The normalized spacial score (nSPS) is 48.3. The van der Waals surface area contributed by atoms with E-state index in [9.17, 15) is 30.0 Å². The molecule has 3 saturated heterocycles. The monoisotopic (exact) mass is 731 g/mol. The molecule has 0 radical (unpaired) electrons. The van der Waals surface area contributed by atoms with Crippen LogP contribution >= 0.6 is 0 Å². The third kappa shape index (κ3) is 9.71. The molecule has 3 aliphatic rings. The van der Waals surface area contributed by atoms with Gasteiger partial charge in [0.1, 0.15) is 23.6 Å². The third-order valence-electron chi connectivity index (χ3n) is 12.2. The number of ether oxygens (including phenoxy) is 6. The van der Waals surface area contributed by atoms with Gasteiger partial charge >= 0.3 is 5.97 Å². The summed E-state index contributed by atoms with van der Waals surface area (Å²) in [4.78, 5) is 30.1. The van der Waals surface area contributed by atoms with Crippen molar-refractivity contribution < 1.29 is 58.4 Å². The van der Waals surface area contributed by atoms with Gasteiger partial charge in [0.05, 0.1) is 48.1 Å². The molecule has 0 bridgehead atoms. The molecule has 0 aromatic carbocycles. The van der Waals surface area contributed by atoms with Crippen LogP contribution in [0.1, 0.15) is 102 Å². The summed E-state index contributed by atoms with van der Waals surface area (Å²) in [7, 11) is 3.46. The molecule has 3 fully saturated rings. The number of nitrogens with zero attached hydrogens (tertiary/aromatic N) is 1. The molecule has 0 spiro atoms.